The molecule has 3 unspecified atom stereocenters. The predicted molar refractivity (Wildman–Crippen MR) is 103 cm³/mol. The van der Waals surface area contributed by atoms with Crippen LogP contribution in [0.25, 0.3) is 0 Å². The van der Waals surface area contributed by atoms with E-state index in [4.69, 9.17) is 16.3 Å². The summed E-state index contributed by atoms with van der Waals surface area (Å²) < 4.78 is 100. The fourth-order valence-corrected chi connectivity index (χ4v) is 4.02. The van der Waals surface area contributed by atoms with Gasteiger partial charge in [0.1, 0.15) is 10.8 Å². The van der Waals surface area contributed by atoms with E-state index >= 15 is 0 Å². The highest BCUT2D eigenvalue weighted by molar-refractivity contribution is 6.30. The van der Waals surface area contributed by atoms with E-state index in [0.29, 0.717) is 6.07 Å². The number of ether oxygens (including phenoxy) is 1. The summed E-state index contributed by atoms with van der Waals surface area (Å²) in [6.45, 7) is 1.10. The molecule has 1 N–H and O–H groups in total. The molecule has 2 rings (SSSR count). The van der Waals surface area contributed by atoms with Crippen molar-refractivity contribution in [3.05, 3.63) is 57.3 Å². The zero-order valence-electron chi connectivity index (χ0n) is 17.2. The third-order valence-corrected chi connectivity index (χ3v) is 5.66. The number of hydrogen-bond donors (Lipinski definition) is 1. The first-order chi connectivity index (χ1) is 14.4. The molecule has 0 bridgehead atoms. The van der Waals surface area contributed by atoms with Crippen molar-refractivity contribution in [3.63, 3.8) is 0 Å². The van der Waals surface area contributed by atoms with Crippen molar-refractivity contribution >= 4 is 11.6 Å². The van der Waals surface area contributed by atoms with Crippen LogP contribution in [0.1, 0.15) is 25.8 Å². The average Bonchev–Trinajstić information content (AvgIpc) is 2.63. The van der Waals surface area contributed by atoms with Gasteiger partial charge in [-0.05, 0) is 30.1 Å². The Labute approximate surface area is 183 Å². The molecule has 1 aromatic rings. The number of rotatable bonds is 6. The van der Waals surface area contributed by atoms with E-state index in [9.17, 15) is 40.6 Å². The number of allylic oxidation sites excluding steroid dienone is 2. The highest BCUT2D eigenvalue weighted by atomic mass is 35.5. The number of halogens is 8. The van der Waals surface area contributed by atoms with Crippen LogP contribution in [0, 0.1) is 11.3 Å². The molecular formula is C20H21ClF7NO3. The smallest absolute Gasteiger partial charge is 0.379 e. The largest absolute Gasteiger partial charge is 0.418 e. The lowest BCUT2D eigenvalue weighted by Gasteiger charge is -2.43. The van der Waals surface area contributed by atoms with Gasteiger partial charge in [-0.25, -0.2) is 4.39 Å². The Morgan fingerprint density at radius 3 is 2.28 bits per heavy atom. The highest BCUT2D eigenvalue weighted by Crippen LogP contribution is 2.47. The van der Waals surface area contributed by atoms with Gasteiger partial charge in [0, 0.05) is 19.2 Å². The maximum absolute atomic E-state index is 14.0. The molecule has 0 radical (unpaired) electrons. The lowest BCUT2D eigenvalue weighted by molar-refractivity contribution is -0.277. The molecule has 1 aliphatic carbocycles. The van der Waals surface area contributed by atoms with E-state index < -0.39 is 70.3 Å². The molecule has 1 aliphatic rings. The average molecular weight is 492 g/mol. The van der Waals surface area contributed by atoms with Crippen LogP contribution in [0.2, 0.25) is 5.02 Å². The van der Waals surface area contributed by atoms with Gasteiger partial charge in [-0.1, -0.05) is 31.5 Å². The number of pyridine rings is 1. The minimum absolute atomic E-state index is 0.0831. The molecule has 32 heavy (non-hydrogen) atoms. The first-order valence-electron chi connectivity index (χ1n) is 9.26. The van der Waals surface area contributed by atoms with Gasteiger partial charge in [0.05, 0.1) is 18.2 Å². The molecule has 0 spiro atoms. The van der Waals surface area contributed by atoms with Gasteiger partial charge in [-0.2, -0.15) is 26.3 Å². The number of aliphatic hydroxyl groups is 1. The van der Waals surface area contributed by atoms with Gasteiger partial charge < -0.3 is 14.4 Å². The third-order valence-electron chi connectivity index (χ3n) is 5.39. The molecule has 1 heterocycles. The van der Waals surface area contributed by atoms with E-state index in [-0.39, 0.29) is 10.8 Å². The van der Waals surface area contributed by atoms with E-state index in [2.05, 4.69) is 0 Å². The Balaban J connectivity index is 2.52. The third kappa shape index (κ3) is 5.55. The van der Waals surface area contributed by atoms with Crippen molar-refractivity contribution in [2.75, 3.05) is 7.11 Å². The molecule has 12 heteroatoms. The van der Waals surface area contributed by atoms with Crippen LogP contribution in [-0.4, -0.2) is 34.7 Å². The Morgan fingerprint density at radius 1 is 1.19 bits per heavy atom. The zero-order chi connectivity index (χ0) is 24.7. The number of methoxy groups -OCH3 is 1. The zero-order valence-corrected chi connectivity index (χ0v) is 17.9. The van der Waals surface area contributed by atoms with Crippen LogP contribution < -0.4 is 5.56 Å². The second-order valence-corrected chi connectivity index (χ2v) is 8.75. The SMILES string of the molecule is COC1C=CC(F)=CC1C(C)(C)CC(O)(Cn1cc(C(F)(F)F)cc(Cl)c1=O)C(F)(F)F. The van der Waals surface area contributed by atoms with E-state index in [1.807, 2.05) is 0 Å². The molecule has 180 valence electrons. The standard InChI is InChI=1S/C20H21ClF7NO3/c1-17(2,13-7-12(22)4-5-15(13)32-3)9-18(31,20(26,27)28)10-29-8-11(19(23,24)25)6-14(21)16(29)30/h4-8,13,15,31H,9-10H2,1-3H3. The minimum Gasteiger partial charge on any atom is -0.379 e. The fraction of sp³-hybridized carbons (Fsp3) is 0.550. The Kier molecular flexibility index (Phi) is 7.28. The van der Waals surface area contributed by atoms with Crippen molar-refractivity contribution in [2.24, 2.45) is 11.3 Å². The van der Waals surface area contributed by atoms with Gasteiger partial charge >= 0.3 is 12.4 Å². The summed E-state index contributed by atoms with van der Waals surface area (Å²) in [5.74, 6) is -1.67. The summed E-state index contributed by atoms with van der Waals surface area (Å²) in [4.78, 5) is 12.2. The Morgan fingerprint density at radius 2 is 1.78 bits per heavy atom. The van der Waals surface area contributed by atoms with Crippen molar-refractivity contribution in [2.45, 2.75) is 50.9 Å². The molecule has 0 saturated carbocycles. The maximum Gasteiger partial charge on any atom is 0.418 e. The normalized spacial score (nSPS) is 21.9. The number of alkyl halides is 6. The molecule has 0 aliphatic heterocycles. The number of hydrogen-bond acceptors (Lipinski definition) is 3. The molecule has 4 nitrogen and oxygen atoms in total. The highest BCUT2D eigenvalue weighted by Gasteiger charge is 2.57. The van der Waals surface area contributed by atoms with E-state index in [1.165, 1.54) is 27.0 Å². The van der Waals surface area contributed by atoms with E-state index in [0.717, 1.165) is 12.2 Å². The maximum atomic E-state index is 14.0. The van der Waals surface area contributed by atoms with Crippen LogP contribution in [0.5, 0.6) is 0 Å². The summed E-state index contributed by atoms with van der Waals surface area (Å²) in [7, 11) is 1.27. The Hall–Kier alpha value is -1.85. The van der Waals surface area contributed by atoms with Crippen molar-refractivity contribution in [1.29, 1.82) is 0 Å². The Bertz CT molecular complexity index is 965. The van der Waals surface area contributed by atoms with Crippen molar-refractivity contribution < 1.29 is 40.6 Å². The topological polar surface area (TPSA) is 51.5 Å². The lowest BCUT2D eigenvalue weighted by Crippen LogP contribution is -2.54. The quantitative estimate of drug-likeness (QED) is 0.551. The van der Waals surface area contributed by atoms with Crippen LogP contribution in [0.15, 0.2) is 41.1 Å². The summed E-state index contributed by atoms with van der Waals surface area (Å²) >= 11 is 5.51. The molecule has 0 amide bonds. The molecule has 0 aromatic carbocycles. The summed E-state index contributed by atoms with van der Waals surface area (Å²) in [6, 6.07) is 0.294. The monoisotopic (exact) mass is 491 g/mol. The van der Waals surface area contributed by atoms with Gasteiger partial charge in [0.15, 0.2) is 5.60 Å². The summed E-state index contributed by atoms with van der Waals surface area (Å²) in [5, 5.41) is 9.67. The van der Waals surface area contributed by atoms with Crippen molar-refractivity contribution in [3.8, 4) is 0 Å². The van der Waals surface area contributed by atoms with Crippen LogP contribution >= 0.6 is 11.6 Å². The lowest BCUT2D eigenvalue weighted by atomic mass is 9.67. The summed E-state index contributed by atoms with van der Waals surface area (Å²) in [5.41, 5.74) is -7.89. The second-order valence-electron chi connectivity index (χ2n) is 8.34. The van der Waals surface area contributed by atoms with Crippen LogP contribution in [-0.2, 0) is 17.5 Å². The minimum atomic E-state index is -5.35. The fourth-order valence-electron chi connectivity index (χ4n) is 3.79. The van der Waals surface area contributed by atoms with Gasteiger partial charge in [-0.3, -0.25) is 4.79 Å². The molecule has 3 atom stereocenters. The molecule has 0 saturated heterocycles. The molecule has 0 fully saturated rings. The second kappa shape index (κ2) is 8.83. The summed E-state index contributed by atoms with van der Waals surface area (Å²) in [6.07, 6.45) is -8.61. The van der Waals surface area contributed by atoms with Crippen LogP contribution in [0.4, 0.5) is 30.7 Å². The van der Waals surface area contributed by atoms with E-state index in [1.54, 1.807) is 0 Å². The molecule has 1 aromatic heterocycles. The van der Waals surface area contributed by atoms with Gasteiger partial charge in [0.2, 0.25) is 0 Å². The van der Waals surface area contributed by atoms with Gasteiger partial charge in [0.25, 0.3) is 5.56 Å². The predicted octanol–water partition coefficient (Wildman–Crippen LogP) is 5.28. The first-order valence-corrected chi connectivity index (χ1v) is 9.64. The van der Waals surface area contributed by atoms with Crippen molar-refractivity contribution in [1.82, 2.24) is 4.57 Å². The van der Waals surface area contributed by atoms with Gasteiger partial charge in [-0.15, -0.1) is 0 Å². The number of nitrogens with zero attached hydrogens (tertiary/aromatic N) is 1. The van der Waals surface area contributed by atoms with Crippen LogP contribution in [0.3, 0.4) is 0 Å². The molecular weight excluding hydrogens is 471 g/mol. The number of aromatic nitrogens is 1. The first kappa shape index (κ1) is 26.4.